The van der Waals surface area contributed by atoms with Crippen LogP contribution in [0.4, 0.5) is 0 Å². The maximum absolute atomic E-state index is 12.3. The van der Waals surface area contributed by atoms with E-state index in [2.05, 4.69) is 0 Å². The Kier molecular flexibility index (Phi) is 3.11. The molecule has 0 aliphatic heterocycles. The summed E-state index contributed by atoms with van der Waals surface area (Å²) in [5.41, 5.74) is 1.07. The Bertz CT molecular complexity index is 778. The van der Waals surface area contributed by atoms with E-state index in [0.29, 0.717) is 28.8 Å². The van der Waals surface area contributed by atoms with Gasteiger partial charge >= 0.3 is 0 Å². The number of benzene rings is 2. The fourth-order valence-corrected chi connectivity index (χ4v) is 2.42. The van der Waals surface area contributed by atoms with Crippen LogP contribution in [0.5, 0.6) is 0 Å². The summed E-state index contributed by atoms with van der Waals surface area (Å²) in [6, 6.07) is 16.3. The zero-order valence-corrected chi connectivity index (χ0v) is 10.7. The second kappa shape index (κ2) is 4.91. The van der Waals surface area contributed by atoms with Gasteiger partial charge in [0.25, 0.3) is 0 Å². The number of hydrogen-bond donors (Lipinski definition) is 1. The molecule has 1 N–H and O–H groups in total. The molecule has 0 amide bonds. The zero-order chi connectivity index (χ0) is 13.2. The Hall–Kier alpha value is -2.04. The summed E-state index contributed by atoms with van der Waals surface area (Å²) in [5, 5.41) is 0.471. The van der Waals surface area contributed by atoms with E-state index in [1.165, 1.54) is 0 Å². The molecular weight excluding hydrogens is 260 g/mol. The van der Waals surface area contributed by atoms with E-state index in [4.69, 9.17) is 4.42 Å². The van der Waals surface area contributed by atoms with Crippen LogP contribution in [0.1, 0.15) is 0 Å². The predicted molar refractivity (Wildman–Crippen MR) is 76.4 cm³/mol. The van der Waals surface area contributed by atoms with Crippen molar-refractivity contribution in [3.8, 4) is 11.3 Å². The highest BCUT2D eigenvalue weighted by Crippen LogP contribution is 2.30. The molecule has 0 spiro atoms. The van der Waals surface area contributed by atoms with Crippen molar-refractivity contribution in [2.24, 2.45) is 0 Å². The molecule has 1 heterocycles. The van der Waals surface area contributed by atoms with Crippen LogP contribution < -0.4 is 5.43 Å². The fourth-order valence-electron chi connectivity index (χ4n) is 1.99. The third kappa shape index (κ3) is 2.05. The lowest BCUT2D eigenvalue weighted by Crippen LogP contribution is -2.05. The Morgan fingerprint density at radius 1 is 0.947 bits per heavy atom. The van der Waals surface area contributed by atoms with Gasteiger partial charge in [0.1, 0.15) is 10.5 Å². The Morgan fingerprint density at radius 3 is 2.37 bits per heavy atom. The Morgan fingerprint density at radius 2 is 1.63 bits per heavy atom. The Labute approximate surface area is 113 Å². The SMILES string of the molecule is O=c1c(SO)c(-c2ccccc2)oc2ccccc12. The van der Waals surface area contributed by atoms with Gasteiger partial charge in [0, 0.05) is 17.6 Å². The maximum Gasteiger partial charge on any atom is 0.209 e. The van der Waals surface area contributed by atoms with Crippen LogP contribution in [0.3, 0.4) is 0 Å². The van der Waals surface area contributed by atoms with Crippen molar-refractivity contribution in [3.63, 3.8) is 0 Å². The number of fused-ring (bicyclic) bond motifs is 1. The molecule has 0 aliphatic carbocycles. The van der Waals surface area contributed by atoms with Crippen LogP contribution >= 0.6 is 12.0 Å². The van der Waals surface area contributed by atoms with E-state index < -0.39 is 0 Å². The minimum atomic E-state index is -0.215. The molecule has 0 saturated heterocycles. The zero-order valence-electron chi connectivity index (χ0n) is 9.87. The molecule has 2 aromatic carbocycles. The largest absolute Gasteiger partial charge is 0.455 e. The van der Waals surface area contributed by atoms with Crippen molar-refractivity contribution in [1.29, 1.82) is 0 Å². The van der Waals surface area contributed by atoms with Gasteiger partial charge in [-0.15, -0.1) is 0 Å². The average molecular weight is 270 g/mol. The van der Waals surface area contributed by atoms with E-state index >= 15 is 0 Å². The topological polar surface area (TPSA) is 50.4 Å². The van der Waals surface area contributed by atoms with Gasteiger partial charge < -0.3 is 8.97 Å². The fraction of sp³-hybridized carbons (Fsp3) is 0. The van der Waals surface area contributed by atoms with E-state index in [-0.39, 0.29) is 10.3 Å². The summed E-state index contributed by atoms with van der Waals surface area (Å²) in [6.07, 6.45) is 0. The molecular formula is C15H10O3S. The third-order valence-corrected chi connectivity index (χ3v) is 3.44. The summed E-state index contributed by atoms with van der Waals surface area (Å²) in [6.45, 7) is 0. The van der Waals surface area contributed by atoms with Gasteiger partial charge in [-0.3, -0.25) is 4.79 Å². The van der Waals surface area contributed by atoms with Gasteiger partial charge in [0.05, 0.1) is 5.39 Å². The second-order valence-electron chi connectivity index (χ2n) is 4.04. The minimum absolute atomic E-state index is 0.213. The average Bonchev–Trinajstić information content (AvgIpc) is 2.48. The van der Waals surface area contributed by atoms with Crippen molar-refractivity contribution < 1.29 is 8.97 Å². The van der Waals surface area contributed by atoms with E-state index in [1.54, 1.807) is 18.2 Å². The molecule has 0 unspecified atom stereocenters. The molecule has 94 valence electrons. The van der Waals surface area contributed by atoms with Crippen LogP contribution in [0.15, 0.2) is 68.7 Å². The molecule has 3 rings (SSSR count). The lowest BCUT2D eigenvalue weighted by molar-refractivity contribution is 0.598. The van der Waals surface area contributed by atoms with Crippen LogP contribution in [-0.2, 0) is 0 Å². The highest BCUT2D eigenvalue weighted by atomic mass is 32.2. The van der Waals surface area contributed by atoms with Crippen molar-refractivity contribution in [1.82, 2.24) is 0 Å². The van der Waals surface area contributed by atoms with Gasteiger partial charge in [-0.2, -0.15) is 0 Å². The molecule has 0 aliphatic rings. The van der Waals surface area contributed by atoms with Crippen molar-refractivity contribution in [2.75, 3.05) is 0 Å². The van der Waals surface area contributed by atoms with E-state index in [9.17, 15) is 9.35 Å². The van der Waals surface area contributed by atoms with Crippen molar-refractivity contribution >= 4 is 23.0 Å². The van der Waals surface area contributed by atoms with Crippen molar-refractivity contribution in [2.45, 2.75) is 4.90 Å². The van der Waals surface area contributed by atoms with Gasteiger partial charge in [0.15, 0.2) is 5.76 Å². The Balaban J connectivity index is 2.39. The van der Waals surface area contributed by atoms with E-state index in [1.807, 2.05) is 36.4 Å². The van der Waals surface area contributed by atoms with Gasteiger partial charge in [-0.1, -0.05) is 42.5 Å². The molecule has 4 heteroatoms. The predicted octanol–water partition coefficient (Wildman–Crippen LogP) is 4.03. The van der Waals surface area contributed by atoms with Crippen LogP contribution in [0, 0.1) is 0 Å². The van der Waals surface area contributed by atoms with Gasteiger partial charge in [0.2, 0.25) is 5.43 Å². The first-order valence-electron chi connectivity index (χ1n) is 5.74. The first kappa shape index (κ1) is 12.0. The molecule has 0 fully saturated rings. The number of rotatable bonds is 2. The molecule has 0 radical (unpaired) electrons. The summed E-state index contributed by atoms with van der Waals surface area (Å²) >= 11 is 0.425. The molecule has 0 atom stereocenters. The minimum Gasteiger partial charge on any atom is -0.455 e. The summed E-state index contributed by atoms with van der Waals surface area (Å²) in [5.74, 6) is 0.400. The highest BCUT2D eigenvalue weighted by molar-refractivity contribution is 7.93. The highest BCUT2D eigenvalue weighted by Gasteiger charge is 2.15. The summed E-state index contributed by atoms with van der Waals surface area (Å²) < 4.78 is 15.1. The third-order valence-electron chi connectivity index (χ3n) is 2.88. The molecule has 3 nitrogen and oxygen atoms in total. The van der Waals surface area contributed by atoms with Gasteiger partial charge in [-0.05, 0) is 12.1 Å². The normalized spacial score (nSPS) is 10.8. The lowest BCUT2D eigenvalue weighted by Gasteiger charge is -2.07. The maximum atomic E-state index is 12.3. The second-order valence-corrected chi connectivity index (χ2v) is 4.63. The molecule has 1 aromatic heterocycles. The number of para-hydroxylation sites is 1. The monoisotopic (exact) mass is 270 g/mol. The summed E-state index contributed by atoms with van der Waals surface area (Å²) in [4.78, 5) is 12.5. The summed E-state index contributed by atoms with van der Waals surface area (Å²) in [7, 11) is 0. The first-order chi connectivity index (χ1) is 9.31. The van der Waals surface area contributed by atoms with Gasteiger partial charge in [-0.25, -0.2) is 0 Å². The van der Waals surface area contributed by atoms with Crippen LogP contribution in [0.25, 0.3) is 22.3 Å². The van der Waals surface area contributed by atoms with Crippen molar-refractivity contribution in [3.05, 3.63) is 64.8 Å². The number of hydrogen-bond acceptors (Lipinski definition) is 4. The van der Waals surface area contributed by atoms with Crippen LogP contribution in [0.2, 0.25) is 0 Å². The molecule has 19 heavy (non-hydrogen) atoms. The van der Waals surface area contributed by atoms with Crippen LogP contribution in [-0.4, -0.2) is 4.55 Å². The molecule has 3 aromatic rings. The molecule has 0 bridgehead atoms. The smallest absolute Gasteiger partial charge is 0.209 e. The quantitative estimate of drug-likeness (QED) is 0.714. The lowest BCUT2D eigenvalue weighted by atomic mass is 10.1. The first-order valence-corrected chi connectivity index (χ1v) is 6.51. The standard InChI is InChI=1S/C15H10O3S/c16-13-11-8-4-5-9-12(11)18-14(15(13)19-17)10-6-2-1-3-7-10/h1-9,17H. The van der Waals surface area contributed by atoms with E-state index in [0.717, 1.165) is 5.56 Å². The molecule has 0 saturated carbocycles.